The molecule has 7 heteroatoms. The smallest absolute Gasteiger partial charge is 0.358 e. The molecule has 1 N–H and O–H groups in total. The number of carbonyl (C=O) groups excluding carboxylic acids is 1. The van der Waals surface area contributed by atoms with Crippen LogP contribution in [0.25, 0.3) is 0 Å². The van der Waals surface area contributed by atoms with Gasteiger partial charge in [0.15, 0.2) is 11.4 Å². The minimum atomic E-state index is -2.92. The Balaban J connectivity index is 3.38. The molecule has 0 fully saturated rings. The van der Waals surface area contributed by atoms with Gasteiger partial charge < -0.3 is 14.5 Å². The first-order valence-electron chi connectivity index (χ1n) is 4.77. The topological polar surface area (TPSA) is 68.4 Å². The SMILES string of the molecule is CCOC(=O)c1[nH]c(=O)cc(C(F)F)c1OC. The van der Waals surface area contributed by atoms with Crippen molar-refractivity contribution >= 4 is 5.97 Å². The maximum absolute atomic E-state index is 12.6. The van der Waals surface area contributed by atoms with Crippen molar-refractivity contribution in [3.63, 3.8) is 0 Å². The van der Waals surface area contributed by atoms with E-state index >= 15 is 0 Å². The van der Waals surface area contributed by atoms with Crippen molar-refractivity contribution in [1.82, 2.24) is 4.98 Å². The Morgan fingerprint density at radius 3 is 2.65 bits per heavy atom. The molecule has 1 heterocycles. The lowest BCUT2D eigenvalue weighted by atomic mass is 10.2. The molecule has 0 atom stereocenters. The van der Waals surface area contributed by atoms with Crippen LogP contribution >= 0.6 is 0 Å². The van der Waals surface area contributed by atoms with Gasteiger partial charge in [0.05, 0.1) is 19.3 Å². The first-order valence-corrected chi connectivity index (χ1v) is 4.77. The van der Waals surface area contributed by atoms with E-state index < -0.39 is 29.2 Å². The number of hydrogen-bond acceptors (Lipinski definition) is 4. The molecule has 0 unspecified atom stereocenters. The highest BCUT2D eigenvalue weighted by Gasteiger charge is 2.23. The van der Waals surface area contributed by atoms with Crippen LogP contribution in [-0.2, 0) is 4.74 Å². The molecule has 0 bridgehead atoms. The van der Waals surface area contributed by atoms with Gasteiger partial charge in [-0.05, 0) is 6.92 Å². The Kier molecular flexibility index (Phi) is 4.19. The number of esters is 1. The Bertz CT molecular complexity index is 470. The van der Waals surface area contributed by atoms with Crippen molar-refractivity contribution < 1.29 is 23.0 Å². The third-order valence-electron chi connectivity index (χ3n) is 1.94. The molecule has 1 aromatic heterocycles. The fourth-order valence-corrected chi connectivity index (χ4v) is 1.30. The van der Waals surface area contributed by atoms with E-state index in [1.54, 1.807) is 6.92 Å². The molecular formula is C10H11F2NO4. The number of rotatable bonds is 4. The van der Waals surface area contributed by atoms with Crippen LogP contribution in [-0.4, -0.2) is 24.7 Å². The van der Waals surface area contributed by atoms with E-state index in [2.05, 4.69) is 9.72 Å². The van der Waals surface area contributed by atoms with Crippen molar-refractivity contribution in [3.8, 4) is 5.75 Å². The number of alkyl halides is 2. The second kappa shape index (κ2) is 5.42. The van der Waals surface area contributed by atoms with Crippen LogP contribution in [0.3, 0.4) is 0 Å². The van der Waals surface area contributed by atoms with Gasteiger partial charge in [-0.25, -0.2) is 13.6 Å². The Morgan fingerprint density at radius 1 is 1.53 bits per heavy atom. The van der Waals surface area contributed by atoms with Crippen LogP contribution in [0.4, 0.5) is 8.78 Å². The number of pyridine rings is 1. The van der Waals surface area contributed by atoms with E-state index in [1.165, 1.54) is 0 Å². The van der Waals surface area contributed by atoms with Gasteiger partial charge >= 0.3 is 5.97 Å². The summed E-state index contributed by atoms with van der Waals surface area (Å²) in [4.78, 5) is 24.7. The molecule has 0 saturated carbocycles. The van der Waals surface area contributed by atoms with Gasteiger partial charge in [-0.1, -0.05) is 0 Å². The molecule has 0 saturated heterocycles. The quantitative estimate of drug-likeness (QED) is 0.818. The highest BCUT2D eigenvalue weighted by Crippen LogP contribution is 2.29. The monoisotopic (exact) mass is 247 g/mol. The number of hydrogen-bond donors (Lipinski definition) is 1. The van der Waals surface area contributed by atoms with E-state index in [4.69, 9.17) is 4.74 Å². The van der Waals surface area contributed by atoms with Gasteiger partial charge in [-0.2, -0.15) is 0 Å². The number of carbonyl (C=O) groups is 1. The van der Waals surface area contributed by atoms with Crippen molar-refractivity contribution in [2.24, 2.45) is 0 Å². The van der Waals surface area contributed by atoms with Gasteiger partial charge in [-0.15, -0.1) is 0 Å². The van der Waals surface area contributed by atoms with E-state index in [1.807, 2.05) is 0 Å². The predicted octanol–water partition coefficient (Wildman–Crippen LogP) is 1.50. The number of ether oxygens (including phenoxy) is 2. The molecule has 94 valence electrons. The van der Waals surface area contributed by atoms with Crippen molar-refractivity contribution in [2.45, 2.75) is 13.3 Å². The first-order chi connectivity index (χ1) is 8.01. The minimum Gasteiger partial charge on any atom is -0.494 e. The van der Waals surface area contributed by atoms with Crippen molar-refractivity contribution in [1.29, 1.82) is 0 Å². The Morgan fingerprint density at radius 2 is 2.18 bits per heavy atom. The second-order valence-electron chi connectivity index (χ2n) is 3.02. The van der Waals surface area contributed by atoms with E-state index in [9.17, 15) is 18.4 Å². The molecule has 1 rings (SSSR count). The molecule has 17 heavy (non-hydrogen) atoms. The number of halogens is 2. The van der Waals surface area contributed by atoms with Gasteiger partial charge in [0.1, 0.15) is 0 Å². The molecular weight excluding hydrogens is 236 g/mol. The van der Waals surface area contributed by atoms with Gasteiger partial charge in [0.2, 0.25) is 5.56 Å². The number of H-pyrrole nitrogens is 1. The lowest BCUT2D eigenvalue weighted by Crippen LogP contribution is -2.18. The molecule has 0 aliphatic rings. The summed E-state index contributed by atoms with van der Waals surface area (Å²) >= 11 is 0. The van der Waals surface area contributed by atoms with E-state index in [0.29, 0.717) is 6.07 Å². The zero-order valence-electron chi connectivity index (χ0n) is 9.25. The van der Waals surface area contributed by atoms with Crippen LogP contribution < -0.4 is 10.3 Å². The lowest BCUT2D eigenvalue weighted by molar-refractivity contribution is 0.0514. The standard InChI is InChI=1S/C10H11F2NO4/c1-3-17-10(15)7-8(16-2)5(9(11)12)4-6(14)13-7/h4,9H,3H2,1-2H3,(H,13,14). The number of aromatic nitrogens is 1. The average molecular weight is 247 g/mol. The third-order valence-corrected chi connectivity index (χ3v) is 1.94. The molecule has 5 nitrogen and oxygen atoms in total. The van der Waals surface area contributed by atoms with Gasteiger partial charge in [0, 0.05) is 6.07 Å². The van der Waals surface area contributed by atoms with E-state index in [-0.39, 0.29) is 12.4 Å². The van der Waals surface area contributed by atoms with E-state index in [0.717, 1.165) is 7.11 Å². The summed E-state index contributed by atoms with van der Waals surface area (Å²) in [5.41, 5.74) is -1.86. The van der Waals surface area contributed by atoms with Crippen LogP contribution in [0.15, 0.2) is 10.9 Å². The fourth-order valence-electron chi connectivity index (χ4n) is 1.30. The second-order valence-corrected chi connectivity index (χ2v) is 3.02. The molecule has 0 radical (unpaired) electrons. The maximum atomic E-state index is 12.6. The molecule has 0 spiro atoms. The lowest BCUT2D eigenvalue weighted by Gasteiger charge is -2.11. The summed E-state index contributed by atoms with van der Waals surface area (Å²) in [5.74, 6) is -1.29. The zero-order valence-corrected chi connectivity index (χ0v) is 9.25. The minimum absolute atomic E-state index is 0.0585. The van der Waals surface area contributed by atoms with Crippen molar-refractivity contribution in [2.75, 3.05) is 13.7 Å². The number of aromatic amines is 1. The molecule has 1 aromatic rings. The Hall–Kier alpha value is -1.92. The maximum Gasteiger partial charge on any atom is 0.358 e. The fraction of sp³-hybridized carbons (Fsp3) is 0.400. The summed E-state index contributed by atoms with van der Waals surface area (Å²) in [6.07, 6.45) is -2.92. The molecule has 0 aliphatic carbocycles. The average Bonchev–Trinajstić information content (AvgIpc) is 2.28. The summed E-state index contributed by atoms with van der Waals surface area (Å²) in [6.45, 7) is 1.61. The van der Waals surface area contributed by atoms with Crippen LogP contribution in [0.2, 0.25) is 0 Å². The van der Waals surface area contributed by atoms with Crippen LogP contribution in [0.5, 0.6) is 5.75 Å². The van der Waals surface area contributed by atoms with Gasteiger partial charge in [0.25, 0.3) is 6.43 Å². The van der Waals surface area contributed by atoms with Crippen LogP contribution in [0, 0.1) is 0 Å². The first kappa shape index (κ1) is 13.1. The largest absolute Gasteiger partial charge is 0.494 e. The highest BCUT2D eigenvalue weighted by molar-refractivity contribution is 5.90. The Labute approximate surface area is 95.4 Å². The summed E-state index contributed by atoms with van der Waals surface area (Å²) in [7, 11) is 1.13. The predicted molar refractivity (Wildman–Crippen MR) is 54.5 cm³/mol. The molecule has 0 aromatic carbocycles. The zero-order chi connectivity index (χ0) is 13.0. The third kappa shape index (κ3) is 2.80. The normalized spacial score (nSPS) is 10.4. The highest BCUT2D eigenvalue weighted by atomic mass is 19.3. The number of nitrogens with one attached hydrogen (secondary N) is 1. The van der Waals surface area contributed by atoms with Crippen LogP contribution in [0.1, 0.15) is 29.4 Å². The summed E-state index contributed by atoms with van der Waals surface area (Å²) in [6, 6.07) is 0.687. The van der Waals surface area contributed by atoms with Gasteiger partial charge in [-0.3, -0.25) is 4.79 Å². The molecule has 0 amide bonds. The van der Waals surface area contributed by atoms with Crippen molar-refractivity contribution in [3.05, 3.63) is 27.7 Å². The number of methoxy groups -OCH3 is 1. The summed E-state index contributed by atoms with van der Waals surface area (Å²) < 4.78 is 34.6. The summed E-state index contributed by atoms with van der Waals surface area (Å²) in [5, 5.41) is 0. The molecule has 0 aliphatic heterocycles.